The first-order valence-corrected chi connectivity index (χ1v) is 4.62. The Morgan fingerprint density at radius 1 is 1.06 bits per heavy atom. The Bertz CT molecular complexity index is 369. The van der Waals surface area contributed by atoms with Gasteiger partial charge in [0.2, 0.25) is 0 Å². The second kappa shape index (κ2) is 3.62. The van der Waals surface area contributed by atoms with E-state index < -0.39 is 35.2 Å². The third kappa shape index (κ3) is 1.66. The molecular weight excluding hydrogens is 216 g/mol. The molecule has 0 heterocycles. The summed E-state index contributed by atoms with van der Waals surface area (Å²) in [6, 6.07) is 0. The van der Waals surface area contributed by atoms with Crippen LogP contribution in [0.4, 0.5) is 0 Å². The zero-order chi connectivity index (χ0) is 12.6. The molecule has 0 radical (unpaired) electrons. The SMILES string of the molecule is CC1(C(=O)O)C=CCC(C(=O)O)(C(=O)O)C1. The highest BCUT2D eigenvalue weighted by molar-refractivity contribution is 5.99. The van der Waals surface area contributed by atoms with Gasteiger partial charge in [-0.3, -0.25) is 14.4 Å². The van der Waals surface area contributed by atoms with Crippen LogP contribution in [0.15, 0.2) is 12.2 Å². The molecule has 1 atom stereocenters. The largest absolute Gasteiger partial charge is 0.481 e. The fourth-order valence-electron chi connectivity index (χ4n) is 1.84. The van der Waals surface area contributed by atoms with Gasteiger partial charge in [0.1, 0.15) is 0 Å². The smallest absolute Gasteiger partial charge is 0.321 e. The average Bonchev–Trinajstić information content (AvgIpc) is 2.16. The normalized spacial score (nSPS) is 27.3. The molecule has 0 spiro atoms. The number of allylic oxidation sites excluding steroid dienone is 1. The number of aliphatic carboxylic acids is 3. The van der Waals surface area contributed by atoms with Crippen LogP contribution in [0.25, 0.3) is 0 Å². The van der Waals surface area contributed by atoms with Crippen molar-refractivity contribution < 1.29 is 29.7 Å². The van der Waals surface area contributed by atoms with Gasteiger partial charge < -0.3 is 15.3 Å². The molecule has 1 aliphatic carbocycles. The molecule has 0 aromatic heterocycles. The Balaban J connectivity index is 3.20. The van der Waals surface area contributed by atoms with Crippen LogP contribution in [0.2, 0.25) is 0 Å². The quantitative estimate of drug-likeness (QED) is 0.481. The monoisotopic (exact) mass is 228 g/mol. The maximum atomic E-state index is 11.0. The van der Waals surface area contributed by atoms with Crippen molar-refractivity contribution in [3.8, 4) is 0 Å². The van der Waals surface area contributed by atoms with Crippen LogP contribution < -0.4 is 0 Å². The molecule has 88 valence electrons. The van der Waals surface area contributed by atoms with Crippen molar-refractivity contribution in [2.24, 2.45) is 10.8 Å². The van der Waals surface area contributed by atoms with E-state index in [-0.39, 0.29) is 6.42 Å². The van der Waals surface area contributed by atoms with E-state index >= 15 is 0 Å². The van der Waals surface area contributed by atoms with Crippen molar-refractivity contribution in [2.45, 2.75) is 19.8 Å². The van der Waals surface area contributed by atoms with Crippen molar-refractivity contribution in [3.05, 3.63) is 12.2 Å². The predicted molar refractivity (Wildman–Crippen MR) is 51.8 cm³/mol. The fraction of sp³-hybridized carbons (Fsp3) is 0.500. The number of hydrogen-bond acceptors (Lipinski definition) is 3. The number of carboxylic acids is 3. The van der Waals surface area contributed by atoms with E-state index in [0.717, 1.165) is 0 Å². The molecule has 0 aromatic carbocycles. The van der Waals surface area contributed by atoms with Crippen molar-refractivity contribution >= 4 is 17.9 Å². The molecule has 1 aliphatic rings. The van der Waals surface area contributed by atoms with Crippen molar-refractivity contribution in [1.82, 2.24) is 0 Å². The second-order valence-corrected chi connectivity index (χ2v) is 4.20. The first-order chi connectivity index (χ1) is 7.24. The highest BCUT2D eigenvalue weighted by Gasteiger charge is 2.53. The topological polar surface area (TPSA) is 112 Å². The Hall–Kier alpha value is -1.85. The van der Waals surface area contributed by atoms with Gasteiger partial charge in [-0.1, -0.05) is 12.2 Å². The molecule has 0 saturated heterocycles. The van der Waals surface area contributed by atoms with E-state index in [1.54, 1.807) is 0 Å². The summed E-state index contributed by atoms with van der Waals surface area (Å²) in [4.78, 5) is 33.0. The molecule has 1 unspecified atom stereocenters. The lowest BCUT2D eigenvalue weighted by molar-refractivity contribution is -0.169. The van der Waals surface area contributed by atoms with Gasteiger partial charge in [-0.05, 0) is 19.8 Å². The molecule has 0 fully saturated rings. The highest BCUT2D eigenvalue weighted by atomic mass is 16.4. The molecule has 1 rings (SSSR count). The molecule has 0 amide bonds. The van der Waals surface area contributed by atoms with Crippen molar-refractivity contribution in [1.29, 1.82) is 0 Å². The summed E-state index contributed by atoms with van der Waals surface area (Å²) in [5.74, 6) is -4.23. The van der Waals surface area contributed by atoms with E-state index in [1.807, 2.05) is 0 Å². The Labute approximate surface area is 91.2 Å². The van der Waals surface area contributed by atoms with Crippen LogP contribution >= 0.6 is 0 Å². The first-order valence-electron chi connectivity index (χ1n) is 4.62. The third-order valence-corrected chi connectivity index (χ3v) is 2.93. The molecule has 3 N–H and O–H groups in total. The number of carbonyl (C=O) groups is 3. The van der Waals surface area contributed by atoms with Gasteiger partial charge >= 0.3 is 17.9 Å². The maximum absolute atomic E-state index is 11.0. The molecule has 0 aromatic rings. The minimum Gasteiger partial charge on any atom is -0.481 e. The maximum Gasteiger partial charge on any atom is 0.321 e. The molecule has 6 heteroatoms. The van der Waals surface area contributed by atoms with Gasteiger partial charge in [-0.15, -0.1) is 0 Å². The van der Waals surface area contributed by atoms with Gasteiger partial charge in [0.05, 0.1) is 5.41 Å². The average molecular weight is 228 g/mol. The van der Waals surface area contributed by atoms with E-state index in [1.165, 1.54) is 19.1 Å². The van der Waals surface area contributed by atoms with E-state index in [2.05, 4.69) is 0 Å². The van der Waals surface area contributed by atoms with Crippen molar-refractivity contribution in [2.75, 3.05) is 0 Å². The van der Waals surface area contributed by atoms with E-state index in [9.17, 15) is 14.4 Å². The minimum atomic E-state index is -2.04. The van der Waals surface area contributed by atoms with Gasteiger partial charge in [-0.2, -0.15) is 0 Å². The lowest BCUT2D eigenvalue weighted by atomic mass is 9.66. The Morgan fingerprint density at radius 2 is 1.56 bits per heavy atom. The highest BCUT2D eigenvalue weighted by Crippen LogP contribution is 2.43. The fourth-order valence-corrected chi connectivity index (χ4v) is 1.84. The Kier molecular flexibility index (Phi) is 2.77. The van der Waals surface area contributed by atoms with Gasteiger partial charge in [0, 0.05) is 0 Å². The molecule has 0 saturated carbocycles. The Morgan fingerprint density at radius 3 is 1.94 bits per heavy atom. The number of rotatable bonds is 3. The molecule has 6 nitrogen and oxygen atoms in total. The van der Waals surface area contributed by atoms with Crippen LogP contribution in [-0.2, 0) is 14.4 Å². The van der Waals surface area contributed by atoms with Crippen LogP contribution in [0.1, 0.15) is 19.8 Å². The summed E-state index contributed by atoms with van der Waals surface area (Å²) in [6.07, 6.45) is 2.01. The van der Waals surface area contributed by atoms with Crippen LogP contribution in [-0.4, -0.2) is 33.2 Å². The van der Waals surface area contributed by atoms with Gasteiger partial charge in [0.15, 0.2) is 5.41 Å². The third-order valence-electron chi connectivity index (χ3n) is 2.93. The lowest BCUT2D eigenvalue weighted by Crippen LogP contribution is -2.46. The summed E-state index contributed by atoms with van der Waals surface area (Å²) in [5, 5.41) is 26.9. The van der Waals surface area contributed by atoms with Crippen LogP contribution in [0, 0.1) is 10.8 Å². The molecular formula is C10H12O6. The first kappa shape index (κ1) is 12.2. The zero-order valence-corrected chi connectivity index (χ0v) is 8.64. The molecule has 0 aliphatic heterocycles. The summed E-state index contributed by atoms with van der Waals surface area (Å²) in [7, 11) is 0. The summed E-state index contributed by atoms with van der Waals surface area (Å²) >= 11 is 0. The second-order valence-electron chi connectivity index (χ2n) is 4.20. The summed E-state index contributed by atoms with van der Waals surface area (Å²) in [6.45, 7) is 1.31. The molecule has 16 heavy (non-hydrogen) atoms. The van der Waals surface area contributed by atoms with Gasteiger partial charge in [0.25, 0.3) is 0 Å². The number of carboxylic acid groups (broad SMARTS) is 3. The van der Waals surface area contributed by atoms with E-state index in [0.29, 0.717) is 0 Å². The summed E-state index contributed by atoms with van der Waals surface area (Å²) in [5.41, 5.74) is -3.49. The van der Waals surface area contributed by atoms with Crippen LogP contribution in [0.5, 0.6) is 0 Å². The molecule has 0 bridgehead atoms. The van der Waals surface area contributed by atoms with Gasteiger partial charge in [-0.25, -0.2) is 0 Å². The summed E-state index contributed by atoms with van der Waals surface area (Å²) < 4.78 is 0. The number of hydrogen-bond donors (Lipinski definition) is 3. The van der Waals surface area contributed by atoms with Crippen LogP contribution in [0.3, 0.4) is 0 Å². The zero-order valence-electron chi connectivity index (χ0n) is 8.64. The lowest BCUT2D eigenvalue weighted by Gasteiger charge is -2.34. The standard InChI is InChI=1S/C10H12O6/c1-9(6(11)12)3-2-4-10(5-9,7(13)14)8(15)16/h2-3H,4-5H2,1H3,(H,11,12)(H,13,14)(H,15,16). The predicted octanol–water partition coefficient (Wildman–Crippen LogP) is 0.583. The van der Waals surface area contributed by atoms with E-state index in [4.69, 9.17) is 15.3 Å². The van der Waals surface area contributed by atoms with Crippen molar-refractivity contribution in [3.63, 3.8) is 0 Å². The minimum absolute atomic E-state index is 0.194.